The second-order valence-corrected chi connectivity index (χ2v) is 7.84. The molecule has 0 aliphatic carbocycles. The van der Waals surface area contributed by atoms with Crippen molar-refractivity contribution in [2.45, 2.75) is 13.0 Å². The van der Waals surface area contributed by atoms with Gasteiger partial charge in [0.25, 0.3) is 0 Å². The summed E-state index contributed by atoms with van der Waals surface area (Å²) in [6, 6.07) is 23.7. The third-order valence-corrected chi connectivity index (χ3v) is 5.56. The molecule has 1 heterocycles. The van der Waals surface area contributed by atoms with E-state index in [0.29, 0.717) is 13.0 Å². The number of nitrogens with one attached hydrogen (secondary N) is 1. The lowest BCUT2D eigenvalue weighted by molar-refractivity contribution is -0.118. The van der Waals surface area contributed by atoms with Gasteiger partial charge in [-0.1, -0.05) is 54.6 Å². The largest absolute Gasteiger partial charge is 0.351 e. The molecule has 4 nitrogen and oxygen atoms in total. The molecule has 0 fully saturated rings. The Morgan fingerprint density at radius 3 is 2.30 bits per heavy atom. The second kappa shape index (κ2) is 9.50. The van der Waals surface area contributed by atoms with Gasteiger partial charge in [0.15, 0.2) is 0 Å². The third-order valence-electron chi connectivity index (χ3n) is 4.58. The number of hydrogen-bond donors (Lipinski definition) is 1. The smallest absolute Gasteiger partial charge is 0.230 e. The van der Waals surface area contributed by atoms with Crippen LogP contribution in [0.3, 0.4) is 0 Å². The summed E-state index contributed by atoms with van der Waals surface area (Å²) in [5.41, 5.74) is 4.23. The van der Waals surface area contributed by atoms with Crippen molar-refractivity contribution in [2.75, 3.05) is 5.75 Å². The zero-order chi connectivity index (χ0) is 20.8. The van der Waals surface area contributed by atoms with Gasteiger partial charge in [0.1, 0.15) is 5.82 Å². The quantitative estimate of drug-likeness (QED) is 0.602. The van der Waals surface area contributed by atoms with E-state index in [9.17, 15) is 9.18 Å². The minimum absolute atomic E-state index is 0.0515. The first-order chi connectivity index (χ1) is 14.7. The van der Waals surface area contributed by atoms with Crippen LogP contribution in [0.1, 0.15) is 17.5 Å². The minimum Gasteiger partial charge on any atom is -0.351 e. The van der Waals surface area contributed by atoms with Crippen LogP contribution in [0, 0.1) is 5.82 Å². The number of hydrogen-bond acceptors (Lipinski definition) is 4. The molecule has 0 unspecified atom stereocenters. The summed E-state index contributed by atoms with van der Waals surface area (Å²) in [5.74, 6) is -0.0686. The fourth-order valence-electron chi connectivity index (χ4n) is 3.04. The molecule has 0 aromatic heterocycles. The van der Waals surface area contributed by atoms with Gasteiger partial charge in [-0.25, -0.2) is 9.38 Å². The number of nitrogens with zero attached hydrogens (tertiary/aromatic N) is 2. The highest BCUT2D eigenvalue weighted by Crippen LogP contribution is 2.33. The molecule has 1 amide bonds. The Balaban J connectivity index is 1.47. The molecule has 0 bridgehead atoms. The Hall–Kier alpha value is -3.25. The first-order valence-electron chi connectivity index (χ1n) is 9.61. The van der Waals surface area contributed by atoms with Crippen molar-refractivity contribution in [2.24, 2.45) is 9.98 Å². The lowest BCUT2D eigenvalue weighted by Crippen LogP contribution is -2.25. The number of carbonyl (C=O) groups excluding carboxylic acids is 1. The molecule has 0 atom stereocenters. The molecule has 150 valence electrons. The standard InChI is InChI=1S/C24H20FN3OS/c25-19-12-10-18(11-13-19)22-14-24(28-21-9-5-4-8-20(21)27-22)30-16-23(29)26-15-17-6-2-1-3-7-17/h1-13H,14-16H2,(H,26,29). The summed E-state index contributed by atoms with van der Waals surface area (Å²) >= 11 is 1.40. The molecule has 0 saturated carbocycles. The molecule has 3 aromatic carbocycles. The zero-order valence-corrected chi connectivity index (χ0v) is 17.0. The van der Waals surface area contributed by atoms with Crippen molar-refractivity contribution in [3.63, 3.8) is 0 Å². The molecule has 0 spiro atoms. The average Bonchev–Trinajstić information content (AvgIpc) is 2.97. The summed E-state index contributed by atoms with van der Waals surface area (Å²) in [4.78, 5) is 21.8. The van der Waals surface area contributed by atoms with E-state index in [-0.39, 0.29) is 17.5 Å². The normalized spacial score (nSPS) is 13.0. The van der Waals surface area contributed by atoms with Gasteiger partial charge in [0.2, 0.25) is 5.91 Å². The molecule has 1 aliphatic heterocycles. The van der Waals surface area contributed by atoms with Crippen LogP contribution in [0.4, 0.5) is 15.8 Å². The van der Waals surface area contributed by atoms with E-state index >= 15 is 0 Å². The lowest BCUT2D eigenvalue weighted by atomic mass is 10.1. The van der Waals surface area contributed by atoms with Crippen molar-refractivity contribution in [1.29, 1.82) is 0 Å². The van der Waals surface area contributed by atoms with Crippen molar-refractivity contribution in [1.82, 2.24) is 5.32 Å². The molecular formula is C24H20FN3OS. The average molecular weight is 418 g/mol. The number of aliphatic imine (C=N–C) groups is 2. The lowest BCUT2D eigenvalue weighted by Gasteiger charge is -2.08. The van der Waals surface area contributed by atoms with Gasteiger partial charge in [-0.05, 0) is 35.4 Å². The molecule has 4 rings (SSSR count). The van der Waals surface area contributed by atoms with Gasteiger partial charge < -0.3 is 5.32 Å². The molecular weight excluding hydrogens is 397 g/mol. The van der Waals surface area contributed by atoms with Crippen LogP contribution < -0.4 is 5.32 Å². The van der Waals surface area contributed by atoms with Crippen molar-refractivity contribution in [3.05, 3.63) is 95.8 Å². The topological polar surface area (TPSA) is 53.8 Å². The number of benzene rings is 3. The van der Waals surface area contributed by atoms with Crippen LogP contribution in [0.15, 0.2) is 88.8 Å². The van der Waals surface area contributed by atoms with Gasteiger partial charge in [-0.15, -0.1) is 11.8 Å². The number of rotatable bonds is 5. The fourth-order valence-corrected chi connectivity index (χ4v) is 3.85. The van der Waals surface area contributed by atoms with Gasteiger partial charge >= 0.3 is 0 Å². The summed E-state index contributed by atoms with van der Waals surface area (Å²) in [6.07, 6.45) is 0.483. The first kappa shape index (κ1) is 20.0. The Morgan fingerprint density at radius 1 is 0.900 bits per heavy atom. The van der Waals surface area contributed by atoms with E-state index in [1.54, 1.807) is 12.1 Å². The fraction of sp³-hybridized carbons (Fsp3) is 0.125. The molecule has 30 heavy (non-hydrogen) atoms. The summed E-state index contributed by atoms with van der Waals surface area (Å²) in [5, 5.41) is 3.74. The van der Waals surface area contributed by atoms with Crippen LogP contribution >= 0.6 is 11.8 Å². The van der Waals surface area contributed by atoms with Crippen molar-refractivity contribution < 1.29 is 9.18 Å². The van der Waals surface area contributed by atoms with Gasteiger partial charge in [0.05, 0.1) is 27.9 Å². The zero-order valence-electron chi connectivity index (χ0n) is 16.2. The number of para-hydroxylation sites is 2. The van der Waals surface area contributed by atoms with Gasteiger partial charge in [0, 0.05) is 13.0 Å². The maximum absolute atomic E-state index is 13.3. The molecule has 0 radical (unpaired) electrons. The van der Waals surface area contributed by atoms with Crippen LogP contribution in [0.5, 0.6) is 0 Å². The van der Waals surface area contributed by atoms with E-state index < -0.39 is 0 Å². The van der Waals surface area contributed by atoms with Gasteiger partial charge in [-0.3, -0.25) is 9.79 Å². The van der Waals surface area contributed by atoms with Crippen LogP contribution in [-0.2, 0) is 11.3 Å². The van der Waals surface area contributed by atoms with E-state index in [0.717, 1.165) is 33.3 Å². The summed E-state index contributed by atoms with van der Waals surface area (Å²) in [7, 11) is 0. The van der Waals surface area contributed by atoms with E-state index in [1.165, 1.54) is 23.9 Å². The molecule has 1 aliphatic rings. The van der Waals surface area contributed by atoms with E-state index in [4.69, 9.17) is 9.98 Å². The Morgan fingerprint density at radius 2 is 1.57 bits per heavy atom. The third kappa shape index (κ3) is 5.21. The van der Waals surface area contributed by atoms with Crippen molar-refractivity contribution in [3.8, 4) is 0 Å². The molecule has 1 N–H and O–H groups in total. The van der Waals surface area contributed by atoms with Crippen LogP contribution in [0.25, 0.3) is 0 Å². The highest BCUT2D eigenvalue weighted by Gasteiger charge is 2.16. The highest BCUT2D eigenvalue weighted by atomic mass is 32.2. The first-order valence-corrected chi connectivity index (χ1v) is 10.6. The maximum Gasteiger partial charge on any atom is 0.230 e. The van der Waals surface area contributed by atoms with E-state index in [2.05, 4.69) is 5.32 Å². The minimum atomic E-state index is -0.285. The van der Waals surface area contributed by atoms with Crippen LogP contribution in [-0.4, -0.2) is 22.4 Å². The Kier molecular flexibility index (Phi) is 6.35. The van der Waals surface area contributed by atoms with Crippen molar-refractivity contribution >= 4 is 39.8 Å². The molecule has 6 heteroatoms. The Labute approximate surface area is 179 Å². The predicted molar refractivity (Wildman–Crippen MR) is 121 cm³/mol. The maximum atomic E-state index is 13.3. The number of halogens is 1. The molecule has 0 saturated heterocycles. The SMILES string of the molecule is O=C(CSC1=Nc2ccccc2N=C(c2ccc(F)cc2)C1)NCc1ccccc1. The number of carbonyl (C=O) groups is 1. The number of thioether (sulfide) groups is 1. The number of fused-ring (bicyclic) bond motifs is 1. The summed E-state index contributed by atoms with van der Waals surface area (Å²) in [6.45, 7) is 0.498. The Bertz CT molecular complexity index is 1090. The number of amides is 1. The van der Waals surface area contributed by atoms with E-state index in [1.807, 2.05) is 54.6 Å². The monoisotopic (exact) mass is 417 g/mol. The summed E-state index contributed by atoms with van der Waals surface area (Å²) < 4.78 is 13.3. The van der Waals surface area contributed by atoms with Crippen LogP contribution in [0.2, 0.25) is 0 Å². The predicted octanol–water partition coefficient (Wildman–Crippen LogP) is 5.43. The van der Waals surface area contributed by atoms with Gasteiger partial charge in [-0.2, -0.15) is 0 Å². The highest BCUT2D eigenvalue weighted by molar-refractivity contribution is 8.14. The second-order valence-electron chi connectivity index (χ2n) is 6.79. The molecule has 3 aromatic rings.